The summed E-state index contributed by atoms with van der Waals surface area (Å²) in [5, 5.41) is 3.95. The molecule has 32 heavy (non-hydrogen) atoms. The summed E-state index contributed by atoms with van der Waals surface area (Å²) >= 11 is 0. The first-order valence-corrected chi connectivity index (χ1v) is 10.6. The van der Waals surface area contributed by atoms with Crippen LogP contribution >= 0.6 is 0 Å². The van der Waals surface area contributed by atoms with E-state index in [0.717, 1.165) is 12.0 Å². The van der Waals surface area contributed by atoms with Crippen molar-refractivity contribution in [2.45, 2.75) is 25.8 Å². The highest BCUT2D eigenvalue weighted by Crippen LogP contribution is 2.17. The Bertz CT molecular complexity index is 1130. The average molecular weight is 429 g/mol. The molecule has 0 unspecified atom stereocenters. The third-order valence-electron chi connectivity index (χ3n) is 5.21. The number of carbonyl (C=O) groups excluding carboxylic acids is 1. The van der Waals surface area contributed by atoms with E-state index >= 15 is 0 Å². The van der Waals surface area contributed by atoms with Crippen molar-refractivity contribution in [3.05, 3.63) is 108 Å². The highest BCUT2D eigenvalue weighted by atomic mass is 19.1. The molecule has 0 N–H and O–H groups in total. The first-order valence-electron chi connectivity index (χ1n) is 10.6. The molecule has 1 amide bonds. The molecule has 0 bridgehead atoms. The lowest BCUT2D eigenvalue weighted by molar-refractivity contribution is -0.131. The van der Waals surface area contributed by atoms with Gasteiger partial charge in [0.05, 0.1) is 0 Å². The molecule has 0 aliphatic heterocycles. The highest BCUT2D eigenvalue weighted by Gasteiger charge is 2.17. The number of carbonyl (C=O) groups is 1. The number of hydrogen-bond donors (Lipinski definition) is 0. The standard InChI is InChI=1S/C26H24FN3O2/c27-23-13-11-22(12-14-23)26-28-24(32-29-26)15-16-25(31)30(19-21-9-5-2-6-10-21)18-17-20-7-3-1-4-8-20/h1-14H,15-19H2. The Hall–Kier alpha value is -3.80. The summed E-state index contributed by atoms with van der Waals surface area (Å²) in [7, 11) is 0. The molecule has 4 aromatic rings. The molecule has 0 atom stereocenters. The van der Waals surface area contributed by atoms with E-state index in [9.17, 15) is 9.18 Å². The van der Waals surface area contributed by atoms with Crippen molar-refractivity contribution in [1.29, 1.82) is 0 Å². The van der Waals surface area contributed by atoms with Crippen LogP contribution in [0.25, 0.3) is 11.4 Å². The lowest BCUT2D eigenvalue weighted by Crippen LogP contribution is -2.32. The Morgan fingerprint density at radius 1 is 0.844 bits per heavy atom. The quantitative estimate of drug-likeness (QED) is 0.372. The van der Waals surface area contributed by atoms with Gasteiger partial charge in [0.15, 0.2) is 0 Å². The Balaban J connectivity index is 1.39. The van der Waals surface area contributed by atoms with Crippen LogP contribution in [0.1, 0.15) is 23.4 Å². The van der Waals surface area contributed by atoms with Gasteiger partial charge < -0.3 is 9.42 Å². The topological polar surface area (TPSA) is 59.2 Å². The summed E-state index contributed by atoms with van der Waals surface area (Å²) in [5.74, 6) is 0.487. The molecule has 162 valence electrons. The number of aromatic nitrogens is 2. The summed E-state index contributed by atoms with van der Waals surface area (Å²) in [6.07, 6.45) is 1.41. The van der Waals surface area contributed by atoms with E-state index in [-0.39, 0.29) is 18.1 Å². The molecule has 0 radical (unpaired) electrons. The van der Waals surface area contributed by atoms with Crippen molar-refractivity contribution in [2.75, 3.05) is 6.54 Å². The zero-order valence-corrected chi connectivity index (χ0v) is 17.7. The van der Waals surface area contributed by atoms with Crippen molar-refractivity contribution in [3.63, 3.8) is 0 Å². The molecule has 0 spiro atoms. The second kappa shape index (κ2) is 10.5. The lowest BCUT2D eigenvalue weighted by atomic mass is 10.1. The van der Waals surface area contributed by atoms with Crippen LogP contribution in [0.4, 0.5) is 4.39 Å². The molecule has 0 aliphatic carbocycles. The average Bonchev–Trinajstić information content (AvgIpc) is 3.31. The van der Waals surface area contributed by atoms with E-state index in [4.69, 9.17) is 4.52 Å². The number of benzene rings is 3. The van der Waals surface area contributed by atoms with Gasteiger partial charge in [0.25, 0.3) is 0 Å². The fourth-order valence-corrected chi connectivity index (χ4v) is 3.45. The van der Waals surface area contributed by atoms with Crippen LogP contribution in [0.2, 0.25) is 0 Å². The number of aryl methyl sites for hydroxylation is 1. The molecule has 1 aromatic heterocycles. The molecule has 4 rings (SSSR count). The number of halogens is 1. The molecule has 5 nitrogen and oxygen atoms in total. The molecule has 0 aliphatic rings. The minimum Gasteiger partial charge on any atom is -0.339 e. The lowest BCUT2D eigenvalue weighted by Gasteiger charge is -2.23. The van der Waals surface area contributed by atoms with Gasteiger partial charge in [0.2, 0.25) is 17.6 Å². The number of rotatable bonds is 9. The van der Waals surface area contributed by atoms with Gasteiger partial charge in [-0.1, -0.05) is 65.8 Å². The number of nitrogens with zero attached hydrogens (tertiary/aromatic N) is 3. The monoisotopic (exact) mass is 429 g/mol. The SMILES string of the molecule is O=C(CCc1nc(-c2ccc(F)cc2)no1)N(CCc1ccccc1)Cc1ccccc1. The number of amides is 1. The summed E-state index contributed by atoms with van der Waals surface area (Å²) in [6, 6.07) is 26.0. The maximum Gasteiger partial charge on any atom is 0.227 e. The van der Waals surface area contributed by atoms with Crippen LogP contribution in [0.15, 0.2) is 89.5 Å². The molecule has 6 heteroatoms. The molecule has 0 saturated heterocycles. The Morgan fingerprint density at radius 2 is 1.50 bits per heavy atom. The zero-order chi connectivity index (χ0) is 22.2. The van der Waals surface area contributed by atoms with Crippen LogP contribution in [0.3, 0.4) is 0 Å². The van der Waals surface area contributed by atoms with E-state index in [1.165, 1.54) is 17.7 Å². The highest BCUT2D eigenvalue weighted by molar-refractivity contribution is 5.76. The Morgan fingerprint density at radius 3 is 2.19 bits per heavy atom. The van der Waals surface area contributed by atoms with Gasteiger partial charge >= 0.3 is 0 Å². The van der Waals surface area contributed by atoms with Crippen molar-refractivity contribution in [3.8, 4) is 11.4 Å². The third-order valence-corrected chi connectivity index (χ3v) is 5.21. The van der Waals surface area contributed by atoms with E-state index in [2.05, 4.69) is 22.3 Å². The molecule has 0 saturated carbocycles. The van der Waals surface area contributed by atoms with Gasteiger partial charge in [0.1, 0.15) is 5.82 Å². The number of hydrogen-bond acceptors (Lipinski definition) is 4. The van der Waals surface area contributed by atoms with Crippen molar-refractivity contribution in [1.82, 2.24) is 15.0 Å². The predicted molar refractivity (Wildman–Crippen MR) is 120 cm³/mol. The minimum absolute atomic E-state index is 0.0336. The first-order chi connectivity index (χ1) is 15.7. The van der Waals surface area contributed by atoms with Crippen molar-refractivity contribution >= 4 is 5.91 Å². The first kappa shape index (κ1) is 21.4. The Kier molecular flexibility index (Phi) is 7.02. The molecule has 0 fully saturated rings. The van der Waals surface area contributed by atoms with Crippen LogP contribution < -0.4 is 0 Å². The molecule has 1 heterocycles. The van der Waals surface area contributed by atoms with Crippen LogP contribution in [0.5, 0.6) is 0 Å². The minimum atomic E-state index is -0.322. The van der Waals surface area contributed by atoms with Crippen LogP contribution in [-0.4, -0.2) is 27.5 Å². The van der Waals surface area contributed by atoms with E-state index in [1.807, 2.05) is 53.4 Å². The summed E-state index contributed by atoms with van der Waals surface area (Å²) in [5.41, 5.74) is 2.95. The molecular weight excluding hydrogens is 405 g/mol. The maximum absolute atomic E-state index is 13.1. The van der Waals surface area contributed by atoms with Crippen LogP contribution in [-0.2, 0) is 24.2 Å². The predicted octanol–water partition coefficient (Wildman–Crippen LogP) is 5.08. The van der Waals surface area contributed by atoms with Gasteiger partial charge in [0, 0.05) is 31.5 Å². The summed E-state index contributed by atoms with van der Waals surface area (Å²) in [6.45, 7) is 1.18. The van der Waals surface area contributed by atoms with Gasteiger partial charge in [-0.15, -0.1) is 0 Å². The van der Waals surface area contributed by atoms with Gasteiger partial charge in [-0.2, -0.15) is 4.98 Å². The fraction of sp³-hybridized carbons (Fsp3) is 0.192. The second-order valence-corrected chi connectivity index (χ2v) is 7.56. The third kappa shape index (κ3) is 5.88. The van der Waals surface area contributed by atoms with Crippen molar-refractivity contribution in [2.24, 2.45) is 0 Å². The largest absolute Gasteiger partial charge is 0.339 e. The fourth-order valence-electron chi connectivity index (χ4n) is 3.45. The summed E-state index contributed by atoms with van der Waals surface area (Å²) < 4.78 is 18.4. The van der Waals surface area contributed by atoms with Crippen molar-refractivity contribution < 1.29 is 13.7 Å². The smallest absolute Gasteiger partial charge is 0.227 e. The second-order valence-electron chi connectivity index (χ2n) is 7.56. The van der Waals surface area contributed by atoms with E-state index in [0.29, 0.717) is 36.8 Å². The van der Waals surface area contributed by atoms with E-state index in [1.54, 1.807) is 12.1 Å². The normalized spacial score (nSPS) is 10.8. The molecule has 3 aromatic carbocycles. The van der Waals surface area contributed by atoms with Gasteiger partial charge in [-0.05, 0) is 41.8 Å². The zero-order valence-electron chi connectivity index (χ0n) is 17.7. The van der Waals surface area contributed by atoms with Gasteiger partial charge in [-0.25, -0.2) is 4.39 Å². The molecular formula is C26H24FN3O2. The Labute approximate surface area is 186 Å². The van der Waals surface area contributed by atoms with Gasteiger partial charge in [-0.3, -0.25) is 4.79 Å². The van der Waals surface area contributed by atoms with E-state index < -0.39 is 0 Å². The van der Waals surface area contributed by atoms with Crippen LogP contribution in [0, 0.1) is 5.82 Å². The summed E-state index contributed by atoms with van der Waals surface area (Å²) in [4.78, 5) is 19.3. The maximum atomic E-state index is 13.1.